The molecule has 0 radical (unpaired) electrons. The van der Waals surface area contributed by atoms with Gasteiger partial charge in [0.15, 0.2) is 0 Å². The van der Waals surface area contributed by atoms with Crippen LogP contribution >= 0.6 is 0 Å². The first-order valence-corrected chi connectivity index (χ1v) is 9.47. The molecule has 4 bridgehead atoms. The van der Waals surface area contributed by atoms with Gasteiger partial charge in [-0.1, -0.05) is 13.8 Å². The van der Waals surface area contributed by atoms with E-state index in [4.69, 9.17) is 9.47 Å². The quantitative estimate of drug-likeness (QED) is 0.751. The van der Waals surface area contributed by atoms with Crippen molar-refractivity contribution in [3.05, 3.63) is 0 Å². The van der Waals surface area contributed by atoms with Crippen molar-refractivity contribution in [2.45, 2.75) is 64.1 Å². The van der Waals surface area contributed by atoms with Crippen molar-refractivity contribution < 1.29 is 19.1 Å². The van der Waals surface area contributed by atoms with Crippen LogP contribution in [0.4, 0.5) is 0 Å². The van der Waals surface area contributed by atoms with E-state index in [0.29, 0.717) is 11.8 Å². The van der Waals surface area contributed by atoms with Crippen LogP contribution in [0.2, 0.25) is 0 Å². The summed E-state index contributed by atoms with van der Waals surface area (Å²) in [7, 11) is 0. The Hall–Kier alpha value is -1.06. The number of hydrogen-bond acceptors (Lipinski definition) is 4. The first-order chi connectivity index (χ1) is 11.0. The van der Waals surface area contributed by atoms with Gasteiger partial charge in [-0.15, -0.1) is 0 Å². The number of ether oxygens (including phenoxy) is 2. The molecule has 0 aromatic carbocycles. The Kier molecular flexibility index (Phi) is 2.81. The van der Waals surface area contributed by atoms with Crippen molar-refractivity contribution in [3.63, 3.8) is 0 Å². The molecule has 126 valence electrons. The van der Waals surface area contributed by atoms with Gasteiger partial charge >= 0.3 is 11.9 Å². The van der Waals surface area contributed by atoms with Crippen molar-refractivity contribution in [2.24, 2.45) is 41.4 Å². The second-order valence-corrected chi connectivity index (χ2v) is 8.80. The van der Waals surface area contributed by atoms with Crippen LogP contribution in [0.1, 0.15) is 52.4 Å². The molecule has 0 amide bonds. The highest BCUT2D eigenvalue weighted by atomic mass is 16.6. The normalized spacial score (nSPS) is 55.5. The molecule has 9 atom stereocenters. The van der Waals surface area contributed by atoms with Gasteiger partial charge in [0.25, 0.3) is 0 Å². The second-order valence-electron chi connectivity index (χ2n) is 8.80. The molecule has 5 fully saturated rings. The van der Waals surface area contributed by atoms with Gasteiger partial charge in [0.2, 0.25) is 0 Å². The maximum atomic E-state index is 13.1. The molecule has 4 heteroatoms. The number of hydrogen-bond donors (Lipinski definition) is 0. The van der Waals surface area contributed by atoms with Crippen LogP contribution in [0.5, 0.6) is 0 Å². The molecule has 4 saturated carbocycles. The molecule has 5 aliphatic rings. The highest BCUT2D eigenvalue weighted by Crippen LogP contribution is 2.61. The Morgan fingerprint density at radius 2 is 2.13 bits per heavy atom. The minimum Gasteiger partial charge on any atom is -0.462 e. The third kappa shape index (κ3) is 1.68. The number of carbonyl (C=O) groups is 2. The lowest BCUT2D eigenvalue weighted by molar-refractivity contribution is -0.176. The Labute approximate surface area is 137 Å². The maximum absolute atomic E-state index is 13.1. The topological polar surface area (TPSA) is 52.6 Å². The fraction of sp³-hybridized carbons (Fsp3) is 0.895. The van der Waals surface area contributed by atoms with E-state index in [-0.39, 0.29) is 47.3 Å². The maximum Gasteiger partial charge on any atom is 0.310 e. The third-order valence-corrected chi connectivity index (χ3v) is 8.09. The first-order valence-electron chi connectivity index (χ1n) is 9.47. The molecular formula is C19H26O4. The molecule has 1 saturated heterocycles. The van der Waals surface area contributed by atoms with Gasteiger partial charge in [-0.2, -0.15) is 0 Å². The summed E-state index contributed by atoms with van der Waals surface area (Å²) in [5.41, 5.74) is -0.243. The van der Waals surface area contributed by atoms with Crippen molar-refractivity contribution in [3.8, 4) is 0 Å². The predicted molar refractivity (Wildman–Crippen MR) is 82.2 cm³/mol. The van der Waals surface area contributed by atoms with Crippen LogP contribution in [0.25, 0.3) is 0 Å². The summed E-state index contributed by atoms with van der Waals surface area (Å²) in [6.45, 7) is 4.29. The number of esters is 2. The molecule has 23 heavy (non-hydrogen) atoms. The number of rotatable bonds is 3. The third-order valence-electron chi connectivity index (χ3n) is 8.09. The highest BCUT2D eigenvalue weighted by molar-refractivity contribution is 5.86. The van der Waals surface area contributed by atoms with Gasteiger partial charge in [0, 0.05) is 5.92 Å². The average molecular weight is 318 g/mol. The van der Waals surface area contributed by atoms with Crippen molar-refractivity contribution >= 4 is 11.9 Å². The SMILES string of the molecule is CCC1(OC(=O)C2C3C(=O)OC4C3CC2[C@H]4C)CC2CCC1C2. The molecule has 1 heterocycles. The van der Waals surface area contributed by atoms with Gasteiger partial charge in [0.05, 0.1) is 11.8 Å². The summed E-state index contributed by atoms with van der Waals surface area (Å²) in [5, 5.41) is 0. The van der Waals surface area contributed by atoms with Crippen molar-refractivity contribution in [2.75, 3.05) is 0 Å². The zero-order valence-corrected chi connectivity index (χ0v) is 14.0. The number of carbonyl (C=O) groups excluding carboxylic acids is 2. The van der Waals surface area contributed by atoms with Crippen LogP contribution in [0, 0.1) is 41.4 Å². The molecule has 5 rings (SSSR count). The first kappa shape index (κ1) is 14.3. The molecule has 0 spiro atoms. The van der Waals surface area contributed by atoms with E-state index in [2.05, 4.69) is 13.8 Å². The highest BCUT2D eigenvalue weighted by Gasteiger charge is 2.68. The summed E-state index contributed by atoms with van der Waals surface area (Å²) in [6.07, 6.45) is 6.69. The van der Waals surface area contributed by atoms with E-state index < -0.39 is 0 Å². The summed E-state index contributed by atoms with van der Waals surface area (Å²) < 4.78 is 11.8. The Morgan fingerprint density at radius 3 is 2.78 bits per heavy atom. The van der Waals surface area contributed by atoms with E-state index >= 15 is 0 Å². The standard InChI is InChI=1S/C19H26O4/c1-3-19(8-10-4-5-11(19)6-10)23-18(21)14-12-7-13-15(14)17(20)22-16(13)9(12)2/h9-16H,3-8H2,1-2H3/t9-,10?,11?,12?,13?,14?,15?,16?,19?/m1/s1. The van der Waals surface area contributed by atoms with E-state index in [1.807, 2.05) is 0 Å². The van der Waals surface area contributed by atoms with Gasteiger partial charge < -0.3 is 9.47 Å². The van der Waals surface area contributed by atoms with Crippen molar-refractivity contribution in [1.82, 2.24) is 0 Å². The predicted octanol–water partition coefficient (Wildman–Crippen LogP) is 2.94. The lowest BCUT2D eigenvalue weighted by Gasteiger charge is -2.39. The monoisotopic (exact) mass is 318 g/mol. The molecule has 4 aliphatic carbocycles. The molecule has 0 N–H and O–H groups in total. The lowest BCUT2D eigenvalue weighted by atomic mass is 9.74. The zero-order chi connectivity index (χ0) is 15.9. The Balaban J connectivity index is 1.40. The fourth-order valence-electron chi connectivity index (χ4n) is 7.00. The van der Waals surface area contributed by atoms with Crippen LogP contribution in [0.3, 0.4) is 0 Å². The molecular weight excluding hydrogens is 292 g/mol. The molecule has 0 aromatic rings. The molecule has 4 nitrogen and oxygen atoms in total. The van der Waals surface area contributed by atoms with Crippen LogP contribution in [-0.2, 0) is 19.1 Å². The van der Waals surface area contributed by atoms with Gasteiger partial charge in [-0.05, 0) is 62.2 Å². The van der Waals surface area contributed by atoms with Crippen LogP contribution < -0.4 is 0 Å². The van der Waals surface area contributed by atoms with E-state index in [9.17, 15) is 9.59 Å². The molecule has 8 unspecified atom stereocenters. The fourth-order valence-corrected chi connectivity index (χ4v) is 7.00. The average Bonchev–Trinajstić information content (AvgIpc) is 3.28. The van der Waals surface area contributed by atoms with Crippen molar-refractivity contribution in [1.29, 1.82) is 0 Å². The Bertz CT molecular complexity index is 572. The lowest BCUT2D eigenvalue weighted by Crippen LogP contribution is -2.45. The summed E-state index contributed by atoms with van der Waals surface area (Å²) in [6, 6.07) is 0. The summed E-state index contributed by atoms with van der Waals surface area (Å²) in [5.74, 6) is 1.42. The Morgan fingerprint density at radius 1 is 1.30 bits per heavy atom. The van der Waals surface area contributed by atoms with Gasteiger partial charge in [-0.25, -0.2) is 0 Å². The summed E-state index contributed by atoms with van der Waals surface area (Å²) >= 11 is 0. The minimum atomic E-state index is -0.246. The van der Waals surface area contributed by atoms with E-state index in [1.165, 1.54) is 19.3 Å². The second kappa shape index (κ2) is 4.52. The minimum absolute atomic E-state index is 0.0594. The van der Waals surface area contributed by atoms with E-state index in [0.717, 1.165) is 25.2 Å². The number of fused-ring (bicyclic) bond motifs is 3. The van der Waals surface area contributed by atoms with E-state index in [1.54, 1.807) is 0 Å². The zero-order valence-electron chi connectivity index (χ0n) is 14.0. The molecule has 0 aromatic heterocycles. The van der Waals surface area contributed by atoms with Crippen LogP contribution in [-0.4, -0.2) is 23.6 Å². The van der Waals surface area contributed by atoms with Gasteiger partial charge in [0.1, 0.15) is 11.7 Å². The van der Waals surface area contributed by atoms with Gasteiger partial charge in [-0.3, -0.25) is 9.59 Å². The molecule has 1 aliphatic heterocycles. The van der Waals surface area contributed by atoms with Crippen LogP contribution in [0.15, 0.2) is 0 Å². The smallest absolute Gasteiger partial charge is 0.310 e. The summed E-state index contributed by atoms with van der Waals surface area (Å²) in [4.78, 5) is 25.3. The largest absolute Gasteiger partial charge is 0.462 e.